The van der Waals surface area contributed by atoms with Crippen LogP contribution in [0.3, 0.4) is 0 Å². The summed E-state index contributed by atoms with van der Waals surface area (Å²) >= 11 is 0. The summed E-state index contributed by atoms with van der Waals surface area (Å²) in [6.45, 7) is 3.68. The van der Waals surface area contributed by atoms with Gasteiger partial charge >= 0.3 is 0 Å². The average Bonchev–Trinajstić information content (AvgIpc) is 2.30. The standard InChI is InChI=1S/C8H8O/c1-5-6-3-2-4-7(6)8(5)9/h2-3,6-7H,1,4H2/t6-,7-/m0/s1. The van der Waals surface area contributed by atoms with Crippen molar-refractivity contribution in [2.24, 2.45) is 11.8 Å². The normalized spacial score (nSPS) is 38.7. The molecular formula is C8H8O. The van der Waals surface area contributed by atoms with Gasteiger partial charge in [-0.15, -0.1) is 0 Å². The highest BCUT2D eigenvalue weighted by atomic mass is 16.1. The molecule has 0 aliphatic heterocycles. The van der Waals surface area contributed by atoms with Crippen LogP contribution in [0.4, 0.5) is 0 Å². The largest absolute Gasteiger partial charge is 0.294 e. The van der Waals surface area contributed by atoms with Crippen LogP contribution in [0, 0.1) is 11.8 Å². The van der Waals surface area contributed by atoms with Gasteiger partial charge in [-0.3, -0.25) is 4.79 Å². The summed E-state index contributed by atoms with van der Waals surface area (Å²) in [5.74, 6) is 0.986. The summed E-state index contributed by atoms with van der Waals surface area (Å²) in [6, 6.07) is 0. The predicted molar refractivity (Wildman–Crippen MR) is 34.9 cm³/mol. The maximum absolute atomic E-state index is 10.9. The number of ketones is 1. The second-order valence-electron chi connectivity index (χ2n) is 2.69. The molecule has 0 saturated heterocycles. The third kappa shape index (κ3) is 0.424. The first kappa shape index (κ1) is 4.98. The van der Waals surface area contributed by atoms with Crippen LogP contribution in [0.5, 0.6) is 0 Å². The molecular weight excluding hydrogens is 112 g/mol. The fourth-order valence-corrected chi connectivity index (χ4v) is 1.59. The number of carbonyl (C=O) groups is 1. The van der Waals surface area contributed by atoms with Gasteiger partial charge in [-0.2, -0.15) is 0 Å². The van der Waals surface area contributed by atoms with Crippen LogP contribution in [0.15, 0.2) is 24.3 Å². The van der Waals surface area contributed by atoms with Gasteiger partial charge in [-0.25, -0.2) is 0 Å². The van der Waals surface area contributed by atoms with Gasteiger partial charge in [0.15, 0.2) is 5.78 Å². The number of allylic oxidation sites excluding steroid dienone is 3. The highest BCUT2D eigenvalue weighted by Gasteiger charge is 2.43. The first-order valence-electron chi connectivity index (χ1n) is 3.20. The summed E-state index contributed by atoms with van der Waals surface area (Å²) in [6.07, 6.45) is 5.11. The van der Waals surface area contributed by atoms with Crippen LogP contribution >= 0.6 is 0 Å². The van der Waals surface area contributed by atoms with Gasteiger partial charge in [-0.1, -0.05) is 18.7 Å². The summed E-state index contributed by atoms with van der Waals surface area (Å²) in [5.41, 5.74) is 0.814. The third-order valence-electron chi connectivity index (χ3n) is 2.22. The van der Waals surface area contributed by atoms with E-state index in [2.05, 4.69) is 18.7 Å². The molecule has 2 rings (SSSR count). The van der Waals surface area contributed by atoms with E-state index in [4.69, 9.17) is 0 Å². The monoisotopic (exact) mass is 120 g/mol. The second-order valence-corrected chi connectivity index (χ2v) is 2.69. The average molecular weight is 120 g/mol. The van der Waals surface area contributed by atoms with E-state index in [0.717, 1.165) is 12.0 Å². The van der Waals surface area contributed by atoms with Crippen LogP contribution < -0.4 is 0 Å². The quantitative estimate of drug-likeness (QED) is 0.348. The van der Waals surface area contributed by atoms with Gasteiger partial charge in [0, 0.05) is 11.8 Å². The molecule has 0 amide bonds. The van der Waals surface area contributed by atoms with Gasteiger partial charge in [0.05, 0.1) is 0 Å². The topological polar surface area (TPSA) is 17.1 Å². The van der Waals surface area contributed by atoms with Crippen molar-refractivity contribution < 1.29 is 4.79 Å². The Morgan fingerprint density at radius 3 is 3.11 bits per heavy atom. The molecule has 0 unspecified atom stereocenters. The highest BCUT2D eigenvalue weighted by molar-refractivity contribution is 6.05. The molecule has 46 valence electrons. The fraction of sp³-hybridized carbons (Fsp3) is 0.375. The Balaban J connectivity index is 2.31. The van der Waals surface area contributed by atoms with Gasteiger partial charge in [-0.05, 0) is 12.0 Å². The molecule has 0 heterocycles. The van der Waals surface area contributed by atoms with Crippen LogP contribution in [-0.4, -0.2) is 5.78 Å². The summed E-state index contributed by atoms with van der Waals surface area (Å²) in [5, 5.41) is 0. The van der Waals surface area contributed by atoms with E-state index in [-0.39, 0.29) is 11.7 Å². The number of carbonyl (C=O) groups excluding carboxylic acids is 1. The zero-order valence-corrected chi connectivity index (χ0v) is 5.13. The lowest BCUT2D eigenvalue weighted by Crippen LogP contribution is -2.35. The first-order chi connectivity index (χ1) is 4.30. The number of rotatable bonds is 0. The molecule has 1 saturated carbocycles. The Hall–Kier alpha value is -0.850. The van der Waals surface area contributed by atoms with Crippen molar-refractivity contribution in [2.75, 3.05) is 0 Å². The molecule has 0 aromatic rings. The van der Waals surface area contributed by atoms with Crippen molar-refractivity contribution >= 4 is 5.78 Å². The minimum Gasteiger partial charge on any atom is -0.294 e. The zero-order valence-electron chi connectivity index (χ0n) is 5.13. The minimum atomic E-state index is 0.282. The van der Waals surface area contributed by atoms with E-state index in [9.17, 15) is 4.79 Å². The van der Waals surface area contributed by atoms with E-state index in [1.165, 1.54) is 0 Å². The van der Waals surface area contributed by atoms with Gasteiger partial charge < -0.3 is 0 Å². The number of hydrogen-bond acceptors (Lipinski definition) is 1. The lowest BCUT2D eigenvalue weighted by Gasteiger charge is -2.30. The smallest absolute Gasteiger partial charge is 0.163 e. The van der Waals surface area contributed by atoms with Crippen LogP contribution in [0.2, 0.25) is 0 Å². The van der Waals surface area contributed by atoms with Crippen molar-refractivity contribution in [2.45, 2.75) is 6.42 Å². The Kier molecular flexibility index (Phi) is 0.747. The van der Waals surface area contributed by atoms with Crippen molar-refractivity contribution in [3.05, 3.63) is 24.3 Å². The maximum Gasteiger partial charge on any atom is 0.163 e. The Morgan fingerprint density at radius 2 is 2.44 bits per heavy atom. The fourth-order valence-electron chi connectivity index (χ4n) is 1.59. The van der Waals surface area contributed by atoms with Crippen molar-refractivity contribution in [3.63, 3.8) is 0 Å². The summed E-state index contributed by atoms with van der Waals surface area (Å²) in [4.78, 5) is 10.9. The second kappa shape index (κ2) is 1.35. The minimum absolute atomic E-state index is 0.282. The molecule has 0 spiro atoms. The zero-order chi connectivity index (χ0) is 6.43. The number of Topliss-reactive ketones (excluding diaryl/α,β-unsaturated/α-hetero) is 1. The van der Waals surface area contributed by atoms with Crippen molar-refractivity contribution in [1.29, 1.82) is 0 Å². The third-order valence-corrected chi connectivity index (χ3v) is 2.22. The molecule has 0 radical (unpaired) electrons. The summed E-state index contributed by atoms with van der Waals surface area (Å²) in [7, 11) is 0. The van der Waals surface area contributed by atoms with E-state index in [1.807, 2.05) is 0 Å². The van der Waals surface area contributed by atoms with Crippen LogP contribution in [0.1, 0.15) is 6.42 Å². The first-order valence-corrected chi connectivity index (χ1v) is 3.20. The predicted octanol–water partition coefficient (Wildman–Crippen LogP) is 1.32. The lowest BCUT2D eigenvalue weighted by atomic mass is 9.71. The molecule has 2 aliphatic rings. The van der Waals surface area contributed by atoms with Gasteiger partial charge in [0.1, 0.15) is 0 Å². The molecule has 0 aromatic carbocycles. The molecule has 0 aromatic heterocycles. The van der Waals surface area contributed by atoms with Gasteiger partial charge in [0.2, 0.25) is 0 Å². The molecule has 1 heteroatoms. The Morgan fingerprint density at radius 1 is 1.67 bits per heavy atom. The summed E-state index contributed by atoms with van der Waals surface area (Å²) < 4.78 is 0. The van der Waals surface area contributed by atoms with E-state index in [1.54, 1.807) is 0 Å². The SMILES string of the molecule is C=C1C(=O)[C@H]2CC=C[C@@H]12. The van der Waals surface area contributed by atoms with Crippen LogP contribution in [-0.2, 0) is 4.79 Å². The Labute approximate surface area is 54.1 Å². The van der Waals surface area contributed by atoms with E-state index < -0.39 is 0 Å². The molecule has 2 atom stereocenters. The van der Waals surface area contributed by atoms with Crippen molar-refractivity contribution in [1.82, 2.24) is 0 Å². The molecule has 2 aliphatic carbocycles. The van der Waals surface area contributed by atoms with Crippen molar-refractivity contribution in [3.8, 4) is 0 Å². The molecule has 0 N–H and O–H groups in total. The number of fused-ring (bicyclic) bond motifs is 1. The number of hydrogen-bond donors (Lipinski definition) is 0. The lowest BCUT2D eigenvalue weighted by molar-refractivity contribution is -0.124. The molecule has 1 nitrogen and oxygen atoms in total. The van der Waals surface area contributed by atoms with Gasteiger partial charge in [0.25, 0.3) is 0 Å². The Bertz CT molecular complexity index is 213. The van der Waals surface area contributed by atoms with E-state index >= 15 is 0 Å². The molecule has 0 bridgehead atoms. The van der Waals surface area contributed by atoms with E-state index in [0.29, 0.717) is 5.92 Å². The highest BCUT2D eigenvalue weighted by Crippen LogP contribution is 2.42. The molecule has 9 heavy (non-hydrogen) atoms. The molecule has 1 fully saturated rings. The van der Waals surface area contributed by atoms with Crippen LogP contribution in [0.25, 0.3) is 0 Å². The maximum atomic E-state index is 10.9.